The van der Waals surface area contributed by atoms with Gasteiger partial charge in [0.25, 0.3) is 11.6 Å². The molecule has 0 saturated carbocycles. The van der Waals surface area contributed by atoms with Crippen molar-refractivity contribution in [2.45, 2.75) is 30.8 Å². The fourth-order valence-corrected chi connectivity index (χ4v) is 2.32. The number of carbonyl (C=O) groups is 3. The van der Waals surface area contributed by atoms with E-state index >= 15 is 0 Å². The van der Waals surface area contributed by atoms with E-state index in [9.17, 15) is 24.5 Å². The van der Waals surface area contributed by atoms with Crippen molar-refractivity contribution in [2.24, 2.45) is 0 Å². The molecule has 1 rings (SSSR count). The molecule has 0 aliphatic heterocycles. The zero-order valence-electron chi connectivity index (χ0n) is 16.0. The summed E-state index contributed by atoms with van der Waals surface area (Å²) in [6, 6.07) is 3.80. The zero-order chi connectivity index (χ0) is 22.7. The van der Waals surface area contributed by atoms with Crippen LogP contribution in [0.15, 0.2) is 24.3 Å². The maximum Gasteiger partial charge on any atom is 0.508 e. The van der Waals surface area contributed by atoms with Gasteiger partial charge < -0.3 is 24.3 Å². The number of rotatable bonds is 10. The molecule has 1 unspecified atom stereocenters. The highest BCUT2D eigenvalue weighted by atomic mass is 35.5. The summed E-state index contributed by atoms with van der Waals surface area (Å²) in [5.41, 5.74) is 0.0330. The minimum Gasteiger partial charge on any atom is -0.435 e. The number of amides is 1. The van der Waals surface area contributed by atoms with Crippen LogP contribution in [0.1, 0.15) is 25.5 Å². The number of non-ortho nitro benzene ring substituents is 1. The number of nitrogens with one attached hydrogen (secondary N) is 1. The number of ether oxygens (including phenoxy) is 4. The van der Waals surface area contributed by atoms with Crippen LogP contribution in [0, 0.1) is 10.1 Å². The Balaban J connectivity index is 3.22. The molecule has 0 saturated heterocycles. The molecule has 0 aliphatic rings. The fourth-order valence-electron chi connectivity index (χ4n) is 2.19. The van der Waals surface area contributed by atoms with Gasteiger partial charge in [0.2, 0.25) is 0 Å². The van der Waals surface area contributed by atoms with Crippen molar-refractivity contribution in [3.63, 3.8) is 0 Å². The molecule has 30 heavy (non-hydrogen) atoms. The van der Waals surface area contributed by atoms with Crippen molar-refractivity contribution in [1.29, 1.82) is 0 Å². The van der Waals surface area contributed by atoms with Crippen LogP contribution in [-0.2, 0) is 23.7 Å². The SMILES string of the molecule is CCOC(=O)OCC(NC(=O)C(Cl)Cl)[C@H](OC(=O)OCC)c1ccc([N+](=O)[O-])cc1. The number of nitrogens with zero attached hydrogens (tertiary/aromatic N) is 1. The Bertz CT molecular complexity index is 743. The van der Waals surface area contributed by atoms with Gasteiger partial charge in [0.1, 0.15) is 12.6 Å². The number of alkyl halides is 2. The van der Waals surface area contributed by atoms with E-state index in [1.54, 1.807) is 13.8 Å². The number of nitro benzene ring substituents is 1. The van der Waals surface area contributed by atoms with Gasteiger partial charge in [-0.2, -0.15) is 0 Å². The smallest absolute Gasteiger partial charge is 0.435 e. The molecule has 0 aliphatic carbocycles. The maximum absolute atomic E-state index is 12.0. The van der Waals surface area contributed by atoms with E-state index in [0.717, 1.165) is 0 Å². The summed E-state index contributed by atoms with van der Waals surface area (Å²) in [6.45, 7) is 2.68. The van der Waals surface area contributed by atoms with Gasteiger partial charge in [0.15, 0.2) is 10.9 Å². The lowest BCUT2D eigenvalue weighted by Gasteiger charge is -2.27. The number of hydrogen-bond donors (Lipinski definition) is 1. The first kappa shape index (κ1) is 25.2. The Labute approximate surface area is 181 Å². The van der Waals surface area contributed by atoms with Gasteiger partial charge in [0, 0.05) is 12.1 Å². The van der Waals surface area contributed by atoms with E-state index in [-0.39, 0.29) is 24.5 Å². The van der Waals surface area contributed by atoms with Crippen molar-refractivity contribution in [3.8, 4) is 0 Å². The first-order chi connectivity index (χ1) is 14.2. The molecule has 2 atom stereocenters. The summed E-state index contributed by atoms with van der Waals surface area (Å²) in [4.78, 5) is 44.3. The highest BCUT2D eigenvalue weighted by Gasteiger charge is 2.32. The summed E-state index contributed by atoms with van der Waals surface area (Å²) in [7, 11) is 0. The lowest BCUT2D eigenvalue weighted by atomic mass is 10.0. The molecule has 0 aromatic heterocycles. The second-order valence-electron chi connectivity index (χ2n) is 5.48. The van der Waals surface area contributed by atoms with Crippen LogP contribution in [0.2, 0.25) is 0 Å². The van der Waals surface area contributed by atoms with Crippen LogP contribution in [0.25, 0.3) is 0 Å². The van der Waals surface area contributed by atoms with E-state index in [2.05, 4.69) is 10.1 Å². The van der Waals surface area contributed by atoms with Gasteiger partial charge in [-0.25, -0.2) is 9.59 Å². The molecule has 0 radical (unpaired) electrons. The lowest BCUT2D eigenvalue weighted by Crippen LogP contribution is -2.46. The second kappa shape index (κ2) is 12.7. The fraction of sp³-hybridized carbons (Fsp3) is 0.471. The average Bonchev–Trinajstić information content (AvgIpc) is 2.69. The molecule has 0 heterocycles. The predicted molar refractivity (Wildman–Crippen MR) is 104 cm³/mol. The minimum absolute atomic E-state index is 0.00754. The van der Waals surface area contributed by atoms with E-state index < -0.39 is 46.7 Å². The molecule has 1 aromatic carbocycles. The van der Waals surface area contributed by atoms with Crippen LogP contribution in [0.4, 0.5) is 15.3 Å². The molecule has 11 nitrogen and oxygen atoms in total. The van der Waals surface area contributed by atoms with Gasteiger partial charge in [-0.1, -0.05) is 23.2 Å². The van der Waals surface area contributed by atoms with Crippen molar-refractivity contribution < 1.29 is 38.3 Å². The number of carbonyl (C=O) groups excluding carboxylic acids is 3. The normalized spacial score (nSPS) is 12.4. The van der Waals surface area contributed by atoms with Gasteiger partial charge in [0.05, 0.1) is 18.1 Å². The Morgan fingerprint density at radius 2 is 1.60 bits per heavy atom. The van der Waals surface area contributed by atoms with E-state index in [0.29, 0.717) is 0 Å². The number of nitro groups is 1. The van der Waals surface area contributed by atoms with Crippen LogP contribution >= 0.6 is 23.2 Å². The largest absolute Gasteiger partial charge is 0.508 e. The molecule has 1 aromatic rings. The summed E-state index contributed by atoms with van der Waals surface area (Å²) in [5, 5.41) is 13.3. The molecule has 0 spiro atoms. The topological polar surface area (TPSA) is 143 Å². The first-order valence-corrected chi connectivity index (χ1v) is 9.52. The highest BCUT2D eigenvalue weighted by molar-refractivity contribution is 6.53. The van der Waals surface area contributed by atoms with Crippen molar-refractivity contribution >= 4 is 47.1 Å². The Hall–Kier alpha value is -2.79. The Kier molecular flexibility index (Phi) is 10.7. The van der Waals surface area contributed by atoms with Crippen LogP contribution in [0.3, 0.4) is 0 Å². The summed E-state index contributed by atoms with van der Waals surface area (Å²) >= 11 is 11.1. The lowest BCUT2D eigenvalue weighted by molar-refractivity contribution is -0.384. The molecule has 1 N–H and O–H groups in total. The first-order valence-electron chi connectivity index (χ1n) is 8.65. The zero-order valence-corrected chi connectivity index (χ0v) is 17.6. The van der Waals surface area contributed by atoms with Gasteiger partial charge in [-0.3, -0.25) is 14.9 Å². The summed E-state index contributed by atoms with van der Waals surface area (Å²) in [6.07, 6.45) is -3.37. The number of halogens is 2. The maximum atomic E-state index is 12.0. The molecule has 166 valence electrons. The predicted octanol–water partition coefficient (Wildman–Crippen LogP) is 3.27. The van der Waals surface area contributed by atoms with Crippen LogP contribution in [-0.4, -0.2) is 53.8 Å². The van der Waals surface area contributed by atoms with Crippen LogP contribution in [0.5, 0.6) is 0 Å². The van der Waals surface area contributed by atoms with Crippen LogP contribution < -0.4 is 5.32 Å². The van der Waals surface area contributed by atoms with E-state index in [1.165, 1.54) is 24.3 Å². The third-order valence-electron chi connectivity index (χ3n) is 3.45. The molecular weight excluding hydrogens is 447 g/mol. The number of benzene rings is 1. The molecule has 0 fully saturated rings. The molecule has 13 heteroatoms. The van der Waals surface area contributed by atoms with E-state index in [1.807, 2.05) is 0 Å². The monoisotopic (exact) mass is 466 g/mol. The minimum atomic E-state index is -1.46. The summed E-state index contributed by atoms with van der Waals surface area (Å²) in [5.74, 6) is -0.852. The third kappa shape index (κ3) is 8.29. The molecular formula is C17H20Cl2N2O9. The molecule has 1 amide bonds. The quantitative estimate of drug-likeness (QED) is 0.237. The molecule has 0 bridgehead atoms. The van der Waals surface area contributed by atoms with Gasteiger partial charge in [-0.15, -0.1) is 0 Å². The second-order valence-corrected chi connectivity index (χ2v) is 6.58. The third-order valence-corrected chi connectivity index (χ3v) is 3.85. The van der Waals surface area contributed by atoms with Gasteiger partial charge >= 0.3 is 12.3 Å². The van der Waals surface area contributed by atoms with Crippen molar-refractivity contribution in [1.82, 2.24) is 5.32 Å². The van der Waals surface area contributed by atoms with Crippen molar-refractivity contribution in [3.05, 3.63) is 39.9 Å². The van der Waals surface area contributed by atoms with E-state index in [4.69, 9.17) is 37.4 Å². The Morgan fingerprint density at radius 3 is 2.10 bits per heavy atom. The summed E-state index contributed by atoms with van der Waals surface area (Å²) < 4.78 is 19.6. The average molecular weight is 467 g/mol. The Morgan fingerprint density at radius 1 is 1.03 bits per heavy atom. The number of hydrogen-bond acceptors (Lipinski definition) is 9. The van der Waals surface area contributed by atoms with Gasteiger partial charge in [-0.05, 0) is 31.5 Å². The highest BCUT2D eigenvalue weighted by Crippen LogP contribution is 2.25. The van der Waals surface area contributed by atoms with Crippen molar-refractivity contribution in [2.75, 3.05) is 19.8 Å². The standard InChI is InChI=1S/C17H20Cl2N2O9/c1-3-27-16(23)29-9-12(20-15(22)14(18)19)13(30-17(24)28-4-2)10-5-7-11(8-6-10)21(25)26/h5-8,12-14H,3-4,9H2,1-2H3,(H,20,22)/t12?,13-/m1/s1.